The largest absolute Gasteiger partial charge is 0.481 e. The van der Waals surface area contributed by atoms with Crippen molar-refractivity contribution in [1.29, 1.82) is 0 Å². The van der Waals surface area contributed by atoms with Gasteiger partial charge in [-0.25, -0.2) is 22.0 Å². The summed E-state index contributed by atoms with van der Waals surface area (Å²) in [5.41, 5.74) is -4.40. The molecule has 1 atom stereocenters. The van der Waals surface area contributed by atoms with Crippen LogP contribution in [0, 0.1) is 29.1 Å². The number of benzene rings is 1. The van der Waals surface area contributed by atoms with Crippen LogP contribution in [0.2, 0.25) is 0 Å². The average Bonchev–Trinajstić information content (AvgIpc) is 2.42. The topological polar surface area (TPSA) is 74.6 Å². The van der Waals surface area contributed by atoms with Crippen LogP contribution < -0.4 is 0 Å². The monoisotopic (exact) mass is 326 g/mol. The first-order valence-corrected chi connectivity index (χ1v) is 6.07. The van der Waals surface area contributed by atoms with Gasteiger partial charge in [0.05, 0.1) is 6.42 Å². The van der Waals surface area contributed by atoms with Crippen molar-refractivity contribution in [1.82, 2.24) is 0 Å². The van der Waals surface area contributed by atoms with Crippen molar-refractivity contribution in [3.8, 4) is 0 Å². The van der Waals surface area contributed by atoms with Gasteiger partial charge in [-0.3, -0.25) is 9.59 Å². The smallest absolute Gasteiger partial charge is 0.314 e. The molecule has 2 N–H and O–H groups in total. The second-order valence-electron chi connectivity index (χ2n) is 4.65. The van der Waals surface area contributed by atoms with Gasteiger partial charge in [0.1, 0.15) is 5.41 Å². The Kier molecular flexibility index (Phi) is 5.10. The minimum Gasteiger partial charge on any atom is -0.481 e. The SMILES string of the molecule is CCCC(CC(=O)O)(C(=O)O)c1c(F)c(F)c(F)c(F)c1F. The van der Waals surface area contributed by atoms with Crippen LogP contribution in [0.5, 0.6) is 0 Å². The summed E-state index contributed by atoms with van der Waals surface area (Å²) in [7, 11) is 0. The summed E-state index contributed by atoms with van der Waals surface area (Å²) in [5, 5.41) is 18.0. The van der Waals surface area contributed by atoms with E-state index >= 15 is 0 Å². The van der Waals surface area contributed by atoms with Crippen LogP contribution in [0.3, 0.4) is 0 Å². The lowest BCUT2D eigenvalue weighted by Crippen LogP contribution is -2.40. The highest BCUT2D eigenvalue weighted by atomic mass is 19.2. The van der Waals surface area contributed by atoms with Crippen molar-refractivity contribution in [2.24, 2.45) is 0 Å². The molecule has 122 valence electrons. The van der Waals surface area contributed by atoms with Gasteiger partial charge in [0.25, 0.3) is 0 Å². The lowest BCUT2D eigenvalue weighted by Gasteiger charge is -2.29. The maximum Gasteiger partial charge on any atom is 0.314 e. The summed E-state index contributed by atoms with van der Waals surface area (Å²) in [6, 6.07) is 0. The van der Waals surface area contributed by atoms with Gasteiger partial charge < -0.3 is 10.2 Å². The number of carboxylic acids is 2. The maximum absolute atomic E-state index is 13.9. The van der Waals surface area contributed by atoms with Gasteiger partial charge in [-0.05, 0) is 6.42 Å². The molecule has 9 heteroatoms. The van der Waals surface area contributed by atoms with Crippen molar-refractivity contribution in [2.75, 3.05) is 0 Å². The molecule has 0 aliphatic heterocycles. The number of rotatable bonds is 6. The van der Waals surface area contributed by atoms with Crippen LogP contribution in [0.25, 0.3) is 0 Å². The Bertz CT molecular complexity index is 602. The molecule has 1 aromatic rings. The zero-order valence-electron chi connectivity index (χ0n) is 11.2. The molecule has 0 heterocycles. The molecule has 0 aliphatic carbocycles. The number of hydrogen-bond acceptors (Lipinski definition) is 2. The van der Waals surface area contributed by atoms with Crippen molar-refractivity contribution >= 4 is 11.9 Å². The van der Waals surface area contributed by atoms with Crippen molar-refractivity contribution in [2.45, 2.75) is 31.6 Å². The molecule has 0 amide bonds. The lowest BCUT2D eigenvalue weighted by atomic mass is 9.73. The minimum atomic E-state index is -2.76. The van der Waals surface area contributed by atoms with Crippen molar-refractivity contribution in [3.63, 3.8) is 0 Å². The molecule has 1 unspecified atom stereocenters. The van der Waals surface area contributed by atoms with E-state index in [-0.39, 0.29) is 6.42 Å². The Balaban J connectivity index is 3.84. The summed E-state index contributed by atoms with van der Waals surface area (Å²) in [5.74, 6) is -15.5. The summed E-state index contributed by atoms with van der Waals surface area (Å²) >= 11 is 0. The molecule has 0 saturated carbocycles. The summed E-state index contributed by atoms with van der Waals surface area (Å²) in [4.78, 5) is 22.3. The van der Waals surface area contributed by atoms with Crippen LogP contribution in [0.15, 0.2) is 0 Å². The van der Waals surface area contributed by atoms with Gasteiger partial charge >= 0.3 is 11.9 Å². The summed E-state index contributed by atoms with van der Waals surface area (Å²) in [6.07, 6.45) is -2.00. The van der Waals surface area contributed by atoms with E-state index in [0.717, 1.165) is 0 Å². The van der Waals surface area contributed by atoms with E-state index in [1.54, 1.807) is 0 Å². The number of carbonyl (C=O) groups is 2. The van der Waals surface area contributed by atoms with Crippen LogP contribution in [0.4, 0.5) is 22.0 Å². The summed E-state index contributed by atoms with van der Waals surface area (Å²) in [6.45, 7) is 1.38. The molecular weight excluding hydrogens is 315 g/mol. The van der Waals surface area contributed by atoms with E-state index in [9.17, 15) is 36.6 Å². The van der Waals surface area contributed by atoms with E-state index in [1.165, 1.54) is 6.92 Å². The van der Waals surface area contributed by atoms with Crippen molar-refractivity contribution < 1.29 is 41.8 Å². The van der Waals surface area contributed by atoms with Gasteiger partial charge in [0, 0.05) is 5.56 Å². The summed E-state index contributed by atoms with van der Waals surface area (Å²) < 4.78 is 67.3. The molecular formula is C13H11F5O4. The highest BCUT2D eigenvalue weighted by Gasteiger charge is 2.48. The normalized spacial score (nSPS) is 13.7. The van der Waals surface area contributed by atoms with Gasteiger partial charge in [-0.15, -0.1) is 0 Å². The fraction of sp³-hybridized carbons (Fsp3) is 0.385. The Morgan fingerprint density at radius 1 is 0.909 bits per heavy atom. The van der Waals surface area contributed by atoms with E-state index in [1.807, 2.05) is 0 Å². The van der Waals surface area contributed by atoms with Crippen LogP contribution in [-0.4, -0.2) is 22.2 Å². The first-order valence-electron chi connectivity index (χ1n) is 6.07. The van der Waals surface area contributed by atoms with Gasteiger partial charge in [-0.1, -0.05) is 13.3 Å². The highest BCUT2D eigenvalue weighted by molar-refractivity contribution is 5.87. The van der Waals surface area contributed by atoms with Gasteiger partial charge in [0.2, 0.25) is 5.82 Å². The number of hydrogen-bond donors (Lipinski definition) is 2. The van der Waals surface area contributed by atoms with Crippen LogP contribution in [0.1, 0.15) is 31.7 Å². The highest BCUT2D eigenvalue weighted by Crippen LogP contribution is 2.39. The quantitative estimate of drug-likeness (QED) is 0.479. The lowest BCUT2D eigenvalue weighted by molar-refractivity contribution is -0.151. The fourth-order valence-electron chi connectivity index (χ4n) is 2.30. The van der Waals surface area contributed by atoms with Gasteiger partial charge in [0.15, 0.2) is 23.3 Å². The molecule has 4 nitrogen and oxygen atoms in total. The number of aliphatic carboxylic acids is 2. The molecule has 0 bridgehead atoms. The average molecular weight is 326 g/mol. The van der Waals surface area contributed by atoms with E-state index in [4.69, 9.17) is 5.11 Å². The molecule has 1 aromatic carbocycles. The standard InChI is InChI=1S/C13H11F5O4/c1-2-3-13(12(21)22,4-5(19)20)6-7(14)9(16)11(18)10(17)8(6)15/h2-4H2,1H3,(H,19,20)(H,21,22). The predicted octanol–water partition coefficient (Wildman–Crippen LogP) is 2.98. The molecule has 0 saturated heterocycles. The van der Waals surface area contributed by atoms with E-state index in [2.05, 4.69) is 0 Å². The Morgan fingerprint density at radius 3 is 1.64 bits per heavy atom. The Hall–Kier alpha value is -2.19. The maximum atomic E-state index is 13.9. The Morgan fingerprint density at radius 2 is 1.32 bits per heavy atom. The fourth-order valence-corrected chi connectivity index (χ4v) is 2.30. The molecule has 22 heavy (non-hydrogen) atoms. The number of halogens is 5. The number of carboxylic acid groups (broad SMARTS) is 2. The van der Waals surface area contributed by atoms with Crippen LogP contribution >= 0.6 is 0 Å². The second-order valence-corrected chi connectivity index (χ2v) is 4.65. The Labute approximate surface area is 121 Å². The third kappa shape index (κ3) is 2.75. The van der Waals surface area contributed by atoms with Gasteiger partial charge in [-0.2, -0.15) is 0 Å². The second kappa shape index (κ2) is 6.29. The minimum absolute atomic E-state index is 0.0565. The zero-order chi connectivity index (χ0) is 17.2. The third-order valence-corrected chi connectivity index (χ3v) is 3.23. The first-order chi connectivity index (χ1) is 10.1. The molecule has 1 rings (SSSR count). The molecule has 0 radical (unpaired) electrons. The first kappa shape index (κ1) is 17.9. The molecule has 0 aliphatic rings. The molecule has 0 aromatic heterocycles. The van der Waals surface area contributed by atoms with E-state index in [0.29, 0.717) is 0 Å². The predicted molar refractivity (Wildman–Crippen MR) is 62.7 cm³/mol. The van der Waals surface area contributed by atoms with E-state index < -0.39 is 64.8 Å². The van der Waals surface area contributed by atoms with Crippen molar-refractivity contribution in [3.05, 3.63) is 34.6 Å². The van der Waals surface area contributed by atoms with Crippen LogP contribution in [-0.2, 0) is 15.0 Å². The molecule has 0 fully saturated rings. The molecule has 0 spiro atoms. The zero-order valence-corrected chi connectivity index (χ0v) is 11.2. The third-order valence-electron chi connectivity index (χ3n) is 3.23.